The Hall–Kier alpha value is -1.79. The molecule has 1 spiro atoms. The molecule has 0 atom stereocenters. The third-order valence-electron chi connectivity index (χ3n) is 8.47. The summed E-state index contributed by atoms with van der Waals surface area (Å²) in [7, 11) is 0. The molecule has 1 heteroatoms. The van der Waals surface area contributed by atoms with E-state index >= 15 is 0 Å². The van der Waals surface area contributed by atoms with Crippen LogP contribution in [0.1, 0.15) is 43.2 Å². The second-order valence-electron chi connectivity index (χ2n) is 9.58. The van der Waals surface area contributed by atoms with E-state index in [4.69, 9.17) is 11.6 Å². The zero-order valence-electron chi connectivity index (χ0n) is 15.4. The molecule has 3 aromatic carbocycles. The molecule has 0 nitrogen and oxygen atoms in total. The molecule has 0 amide bonds. The Bertz CT molecular complexity index is 1080. The number of fused-ring (bicyclic) bond motifs is 4. The second kappa shape index (κ2) is 4.97. The van der Waals surface area contributed by atoms with Crippen molar-refractivity contribution in [2.45, 2.75) is 37.5 Å². The van der Waals surface area contributed by atoms with Crippen LogP contribution in [0, 0.1) is 23.7 Å². The van der Waals surface area contributed by atoms with Gasteiger partial charge in [0.2, 0.25) is 0 Å². The van der Waals surface area contributed by atoms with Gasteiger partial charge in [-0.2, -0.15) is 0 Å². The first-order valence-corrected chi connectivity index (χ1v) is 11.0. The van der Waals surface area contributed by atoms with Gasteiger partial charge in [0.1, 0.15) is 0 Å². The van der Waals surface area contributed by atoms with Gasteiger partial charge < -0.3 is 0 Å². The first-order chi connectivity index (χ1) is 13.2. The number of halogens is 1. The summed E-state index contributed by atoms with van der Waals surface area (Å²) < 4.78 is 0. The molecule has 3 aromatic rings. The molecule has 134 valence electrons. The van der Waals surface area contributed by atoms with Crippen LogP contribution in [0.3, 0.4) is 0 Å². The number of benzene rings is 3. The predicted octanol–water partition coefficient (Wildman–Crippen LogP) is 7.22. The van der Waals surface area contributed by atoms with E-state index in [1.807, 2.05) is 0 Å². The maximum atomic E-state index is 6.97. The first kappa shape index (κ1) is 15.2. The van der Waals surface area contributed by atoms with Crippen LogP contribution < -0.4 is 0 Å². The van der Waals surface area contributed by atoms with Gasteiger partial charge in [0, 0.05) is 10.4 Å². The van der Waals surface area contributed by atoms with Gasteiger partial charge in [-0.1, -0.05) is 48.0 Å². The zero-order valence-corrected chi connectivity index (χ0v) is 16.2. The highest BCUT2D eigenvalue weighted by atomic mass is 35.5. The first-order valence-electron chi connectivity index (χ1n) is 10.6. The number of rotatable bonds is 0. The van der Waals surface area contributed by atoms with E-state index in [-0.39, 0.29) is 5.41 Å². The van der Waals surface area contributed by atoms with Gasteiger partial charge in [-0.25, -0.2) is 0 Å². The van der Waals surface area contributed by atoms with Crippen molar-refractivity contribution in [2.75, 3.05) is 0 Å². The van der Waals surface area contributed by atoms with Gasteiger partial charge in [0.05, 0.1) is 0 Å². The minimum absolute atomic E-state index is 0.167. The van der Waals surface area contributed by atoms with Gasteiger partial charge in [0.15, 0.2) is 0 Å². The molecule has 8 rings (SSSR count). The van der Waals surface area contributed by atoms with E-state index in [1.54, 1.807) is 5.56 Å². The summed E-state index contributed by atoms with van der Waals surface area (Å²) >= 11 is 6.97. The maximum absolute atomic E-state index is 6.97. The van der Waals surface area contributed by atoms with Crippen LogP contribution >= 0.6 is 11.6 Å². The molecule has 0 aromatic heterocycles. The molecular weight excluding hydrogens is 348 g/mol. The van der Waals surface area contributed by atoms with E-state index in [0.29, 0.717) is 0 Å². The third-order valence-corrected chi connectivity index (χ3v) is 8.79. The van der Waals surface area contributed by atoms with Crippen molar-refractivity contribution in [1.29, 1.82) is 0 Å². The van der Waals surface area contributed by atoms with Crippen molar-refractivity contribution in [3.8, 4) is 11.1 Å². The van der Waals surface area contributed by atoms with Gasteiger partial charge in [-0.15, -0.1) is 0 Å². The molecule has 0 N–H and O–H groups in total. The summed E-state index contributed by atoms with van der Waals surface area (Å²) in [5.74, 6) is 3.48. The van der Waals surface area contributed by atoms with Crippen molar-refractivity contribution >= 4 is 22.4 Å². The van der Waals surface area contributed by atoms with Crippen molar-refractivity contribution < 1.29 is 0 Å². The molecule has 0 radical (unpaired) electrons. The Labute approximate surface area is 165 Å². The van der Waals surface area contributed by atoms with Gasteiger partial charge in [0.25, 0.3) is 0 Å². The van der Waals surface area contributed by atoms with Gasteiger partial charge in [-0.3, -0.25) is 0 Å². The van der Waals surface area contributed by atoms with Crippen molar-refractivity contribution in [3.05, 3.63) is 70.7 Å². The van der Waals surface area contributed by atoms with E-state index in [0.717, 1.165) is 28.7 Å². The predicted molar refractivity (Wildman–Crippen MR) is 112 cm³/mol. The normalized spacial score (nSPS) is 35.0. The molecule has 5 aliphatic rings. The molecule has 0 heterocycles. The van der Waals surface area contributed by atoms with Crippen molar-refractivity contribution in [1.82, 2.24) is 0 Å². The number of hydrogen-bond donors (Lipinski definition) is 0. The largest absolute Gasteiger partial charge is 0.0840 e. The van der Waals surface area contributed by atoms with E-state index in [2.05, 4.69) is 54.6 Å². The summed E-state index contributed by atoms with van der Waals surface area (Å²) in [6.45, 7) is 0. The Morgan fingerprint density at radius 1 is 0.704 bits per heavy atom. The molecule has 4 saturated carbocycles. The van der Waals surface area contributed by atoms with Crippen LogP contribution in [0.25, 0.3) is 21.9 Å². The molecule has 27 heavy (non-hydrogen) atoms. The lowest BCUT2D eigenvalue weighted by molar-refractivity contribution is -0.0398. The Balaban J connectivity index is 1.61. The van der Waals surface area contributed by atoms with Crippen LogP contribution in [-0.2, 0) is 5.41 Å². The van der Waals surface area contributed by atoms with Crippen LogP contribution in [0.2, 0.25) is 5.02 Å². The Kier molecular flexibility index (Phi) is 2.79. The van der Waals surface area contributed by atoms with Crippen LogP contribution in [0.4, 0.5) is 0 Å². The minimum Gasteiger partial charge on any atom is -0.0840 e. The smallest absolute Gasteiger partial charge is 0.0453 e. The van der Waals surface area contributed by atoms with Crippen LogP contribution in [0.5, 0.6) is 0 Å². The molecule has 0 aliphatic heterocycles. The highest BCUT2D eigenvalue weighted by Gasteiger charge is 2.62. The van der Waals surface area contributed by atoms with E-state index < -0.39 is 0 Å². The van der Waals surface area contributed by atoms with Crippen molar-refractivity contribution in [2.24, 2.45) is 23.7 Å². The molecule has 0 unspecified atom stereocenters. The standard InChI is InChI=1S/C26H23Cl/c27-24-7-3-6-21-22-13-17-4-1-2-5-18(17)14-23(22)26(25(21)24)19-9-15-8-16(11-19)12-20(26)10-15/h1-7,13-16,19-20H,8-12H2. The second-order valence-corrected chi connectivity index (χ2v) is 9.99. The monoisotopic (exact) mass is 370 g/mol. The minimum atomic E-state index is 0.167. The molecule has 0 saturated heterocycles. The lowest BCUT2D eigenvalue weighted by Gasteiger charge is -2.61. The summed E-state index contributed by atoms with van der Waals surface area (Å²) in [5, 5.41) is 3.73. The topological polar surface area (TPSA) is 0 Å². The van der Waals surface area contributed by atoms with E-state index in [1.165, 1.54) is 59.6 Å². The van der Waals surface area contributed by atoms with Gasteiger partial charge in [-0.05, 0) is 107 Å². The SMILES string of the molecule is Clc1cccc2c1C1(c3cc4ccccc4cc3-2)C2CC3CC(C2)CC1C3. The van der Waals surface area contributed by atoms with Crippen LogP contribution in [-0.4, -0.2) is 0 Å². The van der Waals surface area contributed by atoms with Crippen molar-refractivity contribution in [3.63, 3.8) is 0 Å². The highest BCUT2D eigenvalue weighted by Crippen LogP contribution is 2.70. The Morgan fingerprint density at radius 2 is 1.37 bits per heavy atom. The van der Waals surface area contributed by atoms with Crippen LogP contribution in [0.15, 0.2) is 54.6 Å². The quantitative estimate of drug-likeness (QED) is 0.392. The maximum Gasteiger partial charge on any atom is 0.0453 e. The summed E-state index contributed by atoms with van der Waals surface area (Å²) in [4.78, 5) is 0. The average molecular weight is 371 g/mol. The lowest BCUT2D eigenvalue weighted by atomic mass is 9.43. The van der Waals surface area contributed by atoms with Gasteiger partial charge >= 0.3 is 0 Å². The summed E-state index contributed by atoms with van der Waals surface area (Å²) in [6, 6.07) is 20.5. The van der Waals surface area contributed by atoms with E-state index in [9.17, 15) is 0 Å². The average Bonchev–Trinajstić information content (AvgIpc) is 2.96. The fourth-order valence-electron chi connectivity index (χ4n) is 7.88. The number of hydrogen-bond acceptors (Lipinski definition) is 0. The molecule has 5 aliphatic carbocycles. The lowest BCUT2D eigenvalue weighted by Crippen LogP contribution is -2.55. The summed E-state index contributed by atoms with van der Waals surface area (Å²) in [5.41, 5.74) is 6.11. The molecule has 4 bridgehead atoms. The zero-order chi connectivity index (χ0) is 17.8. The fraction of sp³-hybridized carbons (Fsp3) is 0.385. The Morgan fingerprint density at radius 3 is 2.07 bits per heavy atom. The third kappa shape index (κ3) is 1.72. The molecule has 4 fully saturated rings. The highest BCUT2D eigenvalue weighted by molar-refractivity contribution is 6.32. The molecular formula is C26H23Cl. The fourth-order valence-corrected chi connectivity index (χ4v) is 8.22. The summed E-state index contributed by atoms with van der Waals surface area (Å²) in [6.07, 6.45) is 7.12.